The van der Waals surface area contributed by atoms with Crippen molar-refractivity contribution in [1.82, 2.24) is 9.78 Å². The summed E-state index contributed by atoms with van der Waals surface area (Å²) < 4.78 is 15.1. The van der Waals surface area contributed by atoms with Crippen LogP contribution < -0.4 is 0 Å². The maximum absolute atomic E-state index is 13.2. The third-order valence-electron chi connectivity index (χ3n) is 6.32. The Morgan fingerprint density at radius 1 is 1.28 bits per heavy atom. The highest BCUT2D eigenvalue weighted by atomic mass is 19.1. The second-order valence-electron chi connectivity index (χ2n) is 7.54. The predicted octanol–water partition coefficient (Wildman–Crippen LogP) is 3.51. The summed E-state index contributed by atoms with van der Waals surface area (Å²) in [7, 11) is 0. The first-order chi connectivity index (χ1) is 12.1. The number of terminal acetylenes is 1. The average Bonchev–Trinajstić information content (AvgIpc) is 3.34. The molecule has 0 radical (unpaired) electrons. The lowest BCUT2D eigenvalue weighted by Gasteiger charge is -2.42. The maximum atomic E-state index is 13.2. The highest BCUT2D eigenvalue weighted by Gasteiger charge is 2.63. The fourth-order valence-electron chi connectivity index (χ4n) is 4.94. The zero-order valence-corrected chi connectivity index (χ0v) is 13.9. The lowest BCUT2D eigenvalue weighted by atomic mass is 9.63. The van der Waals surface area contributed by atoms with Crippen LogP contribution in [-0.4, -0.2) is 20.5 Å². The zero-order chi connectivity index (χ0) is 17.2. The third-order valence-corrected chi connectivity index (χ3v) is 6.32. The minimum absolute atomic E-state index is 0.259. The van der Waals surface area contributed by atoms with E-state index in [0.717, 1.165) is 42.6 Å². The van der Waals surface area contributed by atoms with Gasteiger partial charge in [0.05, 0.1) is 17.6 Å². The van der Waals surface area contributed by atoms with Crippen molar-refractivity contribution in [2.45, 2.75) is 37.7 Å². The van der Waals surface area contributed by atoms with Gasteiger partial charge in [0.25, 0.3) is 0 Å². The molecular weight excluding hydrogens is 315 g/mol. The molecule has 3 aliphatic carbocycles. The van der Waals surface area contributed by atoms with E-state index in [4.69, 9.17) is 6.42 Å². The summed E-state index contributed by atoms with van der Waals surface area (Å²) in [6, 6.07) is 6.35. The Hall–Kier alpha value is -2.38. The Morgan fingerprint density at radius 3 is 2.72 bits per heavy atom. The van der Waals surface area contributed by atoms with Gasteiger partial charge >= 0.3 is 0 Å². The Labute approximate surface area is 146 Å². The van der Waals surface area contributed by atoms with Gasteiger partial charge in [0.15, 0.2) is 0 Å². The molecule has 3 aliphatic rings. The highest BCUT2D eigenvalue weighted by Crippen LogP contribution is 2.65. The van der Waals surface area contributed by atoms with Crippen molar-refractivity contribution in [3.8, 4) is 18.0 Å². The molecule has 1 N–H and O–H groups in total. The van der Waals surface area contributed by atoms with Gasteiger partial charge in [-0.3, -0.25) is 0 Å². The first-order valence-corrected chi connectivity index (χ1v) is 8.81. The van der Waals surface area contributed by atoms with Crippen molar-refractivity contribution in [1.29, 1.82) is 0 Å². The summed E-state index contributed by atoms with van der Waals surface area (Å²) in [5.41, 5.74) is 2.84. The van der Waals surface area contributed by atoms with E-state index < -0.39 is 5.60 Å². The van der Waals surface area contributed by atoms with Crippen LogP contribution in [-0.2, 0) is 6.42 Å². The van der Waals surface area contributed by atoms with E-state index in [1.54, 1.807) is 12.1 Å². The fraction of sp³-hybridized carbons (Fsp3) is 0.381. The number of nitrogens with zero attached hydrogens (tertiary/aromatic N) is 2. The van der Waals surface area contributed by atoms with Gasteiger partial charge in [-0.2, -0.15) is 5.10 Å². The number of aliphatic hydroxyl groups is 1. The molecule has 25 heavy (non-hydrogen) atoms. The zero-order valence-electron chi connectivity index (χ0n) is 13.9. The predicted molar refractivity (Wildman–Crippen MR) is 93.4 cm³/mol. The van der Waals surface area contributed by atoms with E-state index >= 15 is 0 Å². The van der Waals surface area contributed by atoms with Crippen molar-refractivity contribution in [2.75, 3.05) is 0 Å². The molecule has 2 aromatic rings. The second-order valence-corrected chi connectivity index (χ2v) is 7.54. The summed E-state index contributed by atoms with van der Waals surface area (Å²) in [4.78, 5) is 0. The van der Waals surface area contributed by atoms with Crippen LogP contribution in [0.1, 0.15) is 36.9 Å². The molecule has 0 amide bonds. The second kappa shape index (κ2) is 4.83. The largest absolute Gasteiger partial charge is 0.377 e. The molecule has 0 bridgehead atoms. The van der Waals surface area contributed by atoms with Crippen LogP contribution in [0.3, 0.4) is 0 Å². The molecular formula is C21H19FN2O. The molecule has 0 saturated heterocycles. The lowest BCUT2D eigenvalue weighted by molar-refractivity contribution is -0.00845. The normalized spacial score (nSPS) is 30.4. The molecule has 3 nitrogen and oxygen atoms in total. The van der Waals surface area contributed by atoms with E-state index in [9.17, 15) is 9.50 Å². The number of aromatic nitrogens is 2. The monoisotopic (exact) mass is 334 g/mol. The topological polar surface area (TPSA) is 38.1 Å². The first-order valence-electron chi connectivity index (χ1n) is 8.81. The van der Waals surface area contributed by atoms with Crippen molar-refractivity contribution in [3.05, 3.63) is 53.1 Å². The Balaban J connectivity index is 1.65. The van der Waals surface area contributed by atoms with Crippen molar-refractivity contribution >= 4 is 6.08 Å². The van der Waals surface area contributed by atoms with E-state index in [1.807, 2.05) is 10.9 Å². The smallest absolute Gasteiger partial charge is 0.135 e. The van der Waals surface area contributed by atoms with Gasteiger partial charge < -0.3 is 5.11 Å². The standard InChI is InChI=1S/C21H19FN2O/c1-2-20(25)10-9-16-11-19-14(12-21(16,20)15-3-4-15)13-23-24(19)18-7-5-17(22)6-8-18/h1,5-8,11,13,15,25H,3-4,9-10,12H2. The van der Waals surface area contributed by atoms with Gasteiger partial charge in [-0.25, -0.2) is 9.07 Å². The van der Waals surface area contributed by atoms with Crippen LogP contribution in [0.2, 0.25) is 0 Å². The van der Waals surface area contributed by atoms with E-state index in [1.165, 1.54) is 17.7 Å². The quantitative estimate of drug-likeness (QED) is 0.854. The molecule has 2 unspecified atom stereocenters. The molecule has 2 fully saturated rings. The van der Waals surface area contributed by atoms with Crippen LogP contribution in [0.25, 0.3) is 11.8 Å². The molecule has 2 saturated carbocycles. The number of fused-ring (bicyclic) bond motifs is 2. The van der Waals surface area contributed by atoms with Gasteiger partial charge in [0.2, 0.25) is 0 Å². The van der Waals surface area contributed by atoms with Crippen molar-refractivity contribution in [3.63, 3.8) is 0 Å². The molecule has 0 aliphatic heterocycles. The van der Waals surface area contributed by atoms with Gasteiger partial charge in [-0.05, 0) is 73.9 Å². The Morgan fingerprint density at radius 2 is 2.04 bits per heavy atom. The SMILES string of the molecule is C#CC1(O)CCC2=Cc3c(cnn3-c3ccc(F)cc3)CC21C1CC1. The summed E-state index contributed by atoms with van der Waals surface area (Å²) in [5.74, 6) is 2.93. The van der Waals surface area contributed by atoms with Crippen molar-refractivity contribution < 1.29 is 9.50 Å². The summed E-state index contributed by atoms with van der Waals surface area (Å²) in [6.45, 7) is 0. The van der Waals surface area contributed by atoms with Crippen molar-refractivity contribution in [2.24, 2.45) is 11.3 Å². The fourth-order valence-corrected chi connectivity index (χ4v) is 4.94. The summed E-state index contributed by atoms with van der Waals surface area (Å²) in [6.07, 6.45) is 14.3. The number of hydrogen-bond acceptors (Lipinski definition) is 2. The van der Waals surface area contributed by atoms with E-state index in [-0.39, 0.29) is 11.2 Å². The Bertz CT molecular complexity index is 932. The van der Waals surface area contributed by atoms with Crippen LogP contribution in [0.4, 0.5) is 4.39 Å². The van der Waals surface area contributed by atoms with Crippen LogP contribution in [0.5, 0.6) is 0 Å². The molecule has 1 aromatic carbocycles. The third kappa shape index (κ3) is 1.88. The molecule has 1 aromatic heterocycles. The van der Waals surface area contributed by atoms with Gasteiger partial charge in [-0.15, -0.1) is 6.42 Å². The molecule has 2 atom stereocenters. The number of rotatable bonds is 2. The number of benzene rings is 1. The molecule has 0 spiro atoms. The molecule has 1 heterocycles. The lowest BCUT2D eigenvalue weighted by Crippen LogP contribution is -2.47. The van der Waals surface area contributed by atoms with E-state index in [2.05, 4.69) is 17.1 Å². The molecule has 5 rings (SSSR count). The van der Waals surface area contributed by atoms with Gasteiger partial charge in [0, 0.05) is 5.41 Å². The average molecular weight is 334 g/mol. The highest BCUT2D eigenvalue weighted by molar-refractivity contribution is 5.64. The van der Waals surface area contributed by atoms with Crippen LogP contribution in [0.15, 0.2) is 36.0 Å². The van der Waals surface area contributed by atoms with E-state index in [0.29, 0.717) is 12.3 Å². The van der Waals surface area contributed by atoms with Crippen LogP contribution >= 0.6 is 0 Å². The molecule has 4 heteroatoms. The van der Waals surface area contributed by atoms with Crippen LogP contribution in [0, 0.1) is 29.5 Å². The number of hydrogen-bond donors (Lipinski definition) is 1. The first kappa shape index (κ1) is 14.9. The number of halogens is 1. The van der Waals surface area contributed by atoms with Gasteiger partial charge in [0.1, 0.15) is 11.4 Å². The Kier molecular flexibility index (Phi) is 2.88. The van der Waals surface area contributed by atoms with Gasteiger partial charge in [-0.1, -0.05) is 11.5 Å². The molecule has 126 valence electrons. The maximum Gasteiger partial charge on any atom is 0.135 e. The minimum Gasteiger partial charge on any atom is -0.377 e. The minimum atomic E-state index is -1.06. The summed E-state index contributed by atoms with van der Waals surface area (Å²) in [5, 5.41) is 15.7. The summed E-state index contributed by atoms with van der Waals surface area (Å²) >= 11 is 0.